The number of hydrogen-bond acceptors (Lipinski definition) is 1. The lowest BCUT2D eigenvalue weighted by Crippen LogP contribution is -1.87. The summed E-state index contributed by atoms with van der Waals surface area (Å²) in [6, 6.07) is 9.61. The Morgan fingerprint density at radius 3 is 2.42 bits per heavy atom. The fraction of sp³-hybridized carbons (Fsp3) is 0.200. The first kappa shape index (κ1) is 9.30. The van der Waals surface area contributed by atoms with E-state index >= 15 is 0 Å². The zero-order valence-electron chi connectivity index (χ0n) is 6.92. The molecule has 0 saturated carbocycles. The third kappa shape index (κ3) is 2.10. The largest absolute Gasteiger partial charge is 0.392 e. The van der Waals surface area contributed by atoms with Crippen molar-refractivity contribution >= 4 is 16.6 Å². The van der Waals surface area contributed by atoms with Crippen LogP contribution >= 0.6 is 11.6 Å². The van der Waals surface area contributed by atoms with Gasteiger partial charge in [0, 0.05) is 5.03 Å². The number of halogens is 1. The smallest absolute Gasteiger partial charge is 0.0656 e. The molecule has 2 heteroatoms. The maximum absolute atomic E-state index is 8.82. The lowest BCUT2D eigenvalue weighted by atomic mass is 10.1. The normalized spacial score (nSPS) is 12.6. The highest BCUT2D eigenvalue weighted by Crippen LogP contribution is 2.21. The van der Waals surface area contributed by atoms with Gasteiger partial charge in [-0.15, -0.1) is 0 Å². The number of rotatable bonds is 2. The molecular formula is C10H11ClO. The summed E-state index contributed by atoms with van der Waals surface area (Å²) < 4.78 is 0. The van der Waals surface area contributed by atoms with E-state index in [1.54, 1.807) is 0 Å². The van der Waals surface area contributed by atoms with Gasteiger partial charge in [-0.1, -0.05) is 41.9 Å². The number of hydrogen-bond donors (Lipinski definition) is 1. The second-order valence-corrected chi connectivity index (χ2v) is 3.00. The zero-order chi connectivity index (χ0) is 8.97. The SMILES string of the molecule is CC(CO)=C(Cl)c1ccccc1. The van der Waals surface area contributed by atoms with Crippen LogP contribution in [0.2, 0.25) is 0 Å². The van der Waals surface area contributed by atoms with Crippen LogP contribution in [0.1, 0.15) is 12.5 Å². The quantitative estimate of drug-likeness (QED) is 0.746. The molecule has 64 valence electrons. The van der Waals surface area contributed by atoms with Crippen LogP contribution in [0, 0.1) is 0 Å². The molecule has 12 heavy (non-hydrogen) atoms. The van der Waals surface area contributed by atoms with Gasteiger partial charge in [-0.3, -0.25) is 0 Å². The van der Waals surface area contributed by atoms with Gasteiger partial charge in [-0.2, -0.15) is 0 Å². The maximum atomic E-state index is 8.82. The van der Waals surface area contributed by atoms with E-state index in [1.165, 1.54) is 0 Å². The van der Waals surface area contributed by atoms with Crippen molar-refractivity contribution in [3.05, 3.63) is 41.5 Å². The second kappa shape index (κ2) is 4.29. The van der Waals surface area contributed by atoms with E-state index in [1.807, 2.05) is 37.3 Å². The van der Waals surface area contributed by atoms with Gasteiger partial charge < -0.3 is 5.11 Å². The van der Waals surface area contributed by atoms with Crippen LogP contribution in [-0.2, 0) is 0 Å². The van der Waals surface area contributed by atoms with Crippen molar-refractivity contribution in [2.24, 2.45) is 0 Å². The van der Waals surface area contributed by atoms with Gasteiger partial charge in [-0.05, 0) is 18.1 Å². The Hall–Kier alpha value is -0.790. The Balaban J connectivity index is 3.00. The summed E-state index contributed by atoms with van der Waals surface area (Å²) >= 11 is 5.98. The summed E-state index contributed by atoms with van der Waals surface area (Å²) in [5, 5.41) is 9.46. The molecule has 0 amide bonds. The minimum absolute atomic E-state index is 0.00767. The Morgan fingerprint density at radius 2 is 1.92 bits per heavy atom. The van der Waals surface area contributed by atoms with Gasteiger partial charge in [0.15, 0.2) is 0 Å². The molecule has 0 unspecified atom stereocenters. The number of aliphatic hydroxyl groups excluding tert-OH is 1. The number of benzene rings is 1. The van der Waals surface area contributed by atoms with Crippen LogP contribution in [0.5, 0.6) is 0 Å². The molecule has 0 bridgehead atoms. The lowest BCUT2D eigenvalue weighted by Gasteiger charge is -2.02. The molecule has 0 heterocycles. The molecule has 0 atom stereocenters. The van der Waals surface area contributed by atoms with Crippen LogP contribution < -0.4 is 0 Å². The predicted octanol–water partition coefficient (Wildman–Crippen LogP) is 2.65. The van der Waals surface area contributed by atoms with Gasteiger partial charge in [0.05, 0.1) is 6.61 Å². The van der Waals surface area contributed by atoms with Gasteiger partial charge in [0.25, 0.3) is 0 Å². The summed E-state index contributed by atoms with van der Waals surface area (Å²) in [5.41, 5.74) is 1.74. The van der Waals surface area contributed by atoms with E-state index in [0.717, 1.165) is 11.1 Å². The fourth-order valence-electron chi connectivity index (χ4n) is 0.900. The van der Waals surface area contributed by atoms with Crippen LogP contribution in [0.3, 0.4) is 0 Å². The predicted molar refractivity (Wildman–Crippen MR) is 52.0 cm³/mol. The summed E-state index contributed by atoms with van der Waals surface area (Å²) in [6.07, 6.45) is 0. The number of aliphatic hydroxyl groups is 1. The zero-order valence-corrected chi connectivity index (χ0v) is 7.67. The van der Waals surface area contributed by atoms with Crippen molar-refractivity contribution in [3.8, 4) is 0 Å². The molecule has 0 aliphatic carbocycles. The highest BCUT2D eigenvalue weighted by molar-refractivity contribution is 6.49. The molecule has 0 aromatic heterocycles. The third-order valence-corrected chi connectivity index (χ3v) is 2.18. The van der Waals surface area contributed by atoms with Crippen LogP contribution in [-0.4, -0.2) is 11.7 Å². The van der Waals surface area contributed by atoms with Crippen molar-refractivity contribution in [3.63, 3.8) is 0 Å². The Morgan fingerprint density at radius 1 is 1.33 bits per heavy atom. The standard InChI is InChI=1S/C10H11ClO/c1-8(7-12)10(11)9-5-3-2-4-6-9/h2-6,12H,7H2,1H3. The average molecular weight is 183 g/mol. The molecule has 1 aromatic rings. The van der Waals surface area contributed by atoms with E-state index in [9.17, 15) is 0 Å². The summed E-state index contributed by atoms with van der Waals surface area (Å²) in [7, 11) is 0. The maximum Gasteiger partial charge on any atom is 0.0656 e. The monoisotopic (exact) mass is 182 g/mol. The fourth-order valence-corrected chi connectivity index (χ4v) is 1.09. The molecular weight excluding hydrogens is 172 g/mol. The average Bonchev–Trinajstić information content (AvgIpc) is 2.17. The van der Waals surface area contributed by atoms with Crippen molar-refractivity contribution < 1.29 is 5.11 Å². The third-order valence-electron chi connectivity index (χ3n) is 1.64. The molecule has 0 radical (unpaired) electrons. The van der Waals surface area contributed by atoms with Gasteiger partial charge in [-0.25, -0.2) is 0 Å². The Kier molecular flexibility index (Phi) is 3.32. The minimum Gasteiger partial charge on any atom is -0.392 e. The molecule has 0 spiro atoms. The molecule has 1 rings (SSSR count). The highest BCUT2D eigenvalue weighted by Gasteiger charge is 1.99. The van der Waals surface area contributed by atoms with Crippen molar-refractivity contribution in [2.75, 3.05) is 6.61 Å². The summed E-state index contributed by atoms with van der Waals surface area (Å²) in [6.45, 7) is 1.82. The Bertz CT molecular complexity index is 277. The molecule has 0 aliphatic heterocycles. The van der Waals surface area contributed by atoms with Crippen molar-refractivity contribution in [1.82, 2.24) is 0 Å². The first-order valence-corrected chi connectivity index (χ1v) is 4.15. The molecule has 1 aromatic carbocycles. The Labute approximate surface area is 77.3 Å². The van der Waals surface area contributed by atoms with E-state index < -0.39 is 0 Å². The summed E-state index contributed by atoms with van der Waals surface area (Å²) in [4.78, 5) is 0. The molecule has 0 aliphatic rings. The van der Waals surface area contributed by atoms with Crippen LogP contribution in [0.4, 0.5) is 0 Å². The molecule has 1 nitrogen and oxygen atoms in total. The highest BCUT2D eigenvalue weighted by atomic mass is 35.5. The minimum atomic E-state index is 0.00767. The van der Waals surface area contributed by atoms with Crippen molar-refractivity contribution in [2.45, 2.75) is 6.92 Å². The van der Waals surface area contributed by atoms with Crippen LogP contribution in [0.25, 0.3) is 5.03 Å². The second-order valence-electron chi connectivity index (χ2n) is 2.62. The van der Waals surface area contributed by atoms with E-state index in [-0.39, 0.29) is 6.61 Å². The first-order valence-electron chi connectivity index (χ1n) is 3.77. The first-order chi connectivity index (χ1) is 5.75. The van der Waals surface area contributed by atoms with Crippen LogP contribution in [0.15, 0.2) is 35.9 Å². The van der Waals surface area contributed by atoms with Crippen molar-refractivity contribution in [1.29, 1.82) is 0 Å². The molecule has 0 saturated heterocycles. The molecule has 1 N–H and O–H groups in total. The summed E-state index contributed by atoms with van der Waals surface area (Å²) in [5.74, 6) is 0. The van der Waals surface area contributed by atoms with E-state index in [4.69, 9.17) is 16.7 Å². The molecule has 0 fully saturated rings. The lowest BCUT2D eigenvalue weighted by molar-refractivity contribution is 0.332. The van der Waals surface area contributed by atoms with E-state index in [2.05, 4.69) is 0 Å². The van der Waals surface area contributed by atoms with Gasteiger partial charge in [0.2, 0.25) is 0 Å². The van der Waals surface area contributed by atoms with E-state index in [0.29, 0.717) is 5.03 Å². The van der Waals surface area contributed by atoms with Gasteiger partial charge >= 0.3 is 0 Å². The topological polar surface area (TPSA) is 20.2 Å². The van der Waals surface area contributed by atoms with Gasteiger partial charge in [0.1, 0.15) is 0 Å².